The van der Waals surface area contributed by atoms with Crippen molar-refractivity contribution >= 4 is 11.7 Å². The maximum absolute atomic E-state index is 5.37. The number of fused-ring (bicyclic) bond motifs is 5. The molecule has 0 spiro atoms. The average Bonchev–Trinajstić information content (AvgIpc) is 2.90. The highest BCUT2D eigenvalue weighted by Crippen LogP contribution is 2.23. The second kappa shape index (κ2) is 2.28. The zero-order valence-electron chi connectivity index (χ0n) is 7.84. The number of rotatable bonds is 0. The fraction of sp³-hybridized carbons (Fsp3) is 0.0909. The Morgan fingerprint density at radius 1 is 1.40 bits per heavy atom. The number of hydrogen-bond acceptors (Lipinski definition) is 3. The first-order chi connectivity index (χ1) is 7.43. The number of hydrogen-bond donors (Lipinski definition) is 0. The van der Waals surface area contributed by atoms with Gasteiger partial charge in [0.15, 0.2) is 12.2 Å². The molecule has 0 atom stereocenters. The summed E-state index contributed by atoms with van der Waals surface area (Å²) in [6.07, 6.45) is 6.45. The van der Waals surface area contributed by atoms with Gasteiger partial charge in [0.05, 0.1) is 11.0 Å². The second-order valence-corrected chi connectivity index (χ2v) is 3.62. The summed E-state index contributed by atoms with van der Waals surface area (Å²) in [5.41, 5.74) is 2.84. The highest BCUT2D eigenvalue weighted by molar-refractivity contribution is 5.66. The summed E-state index contributed by atoms with van der Waals surface area (Å²) in [6, 6.07) is 3.98. The van der Waals surface area contributed by atoms with Crippen LogP contribution >= 0.6 is 0 Å². The lowest BCUT2D eigenvalue weighted by Gasteiger charge is -2.00. The van der Waals surface area contributed by atoms with Crippen molar-refractivity contribution in [2.75, 3.05) is 0 Å². The van der Waals surface area contributed by atoms with Crippen LogP contribution in [0.2, 0.25) is 0 Å². The summed E-state index contributed by atoms with van der Waals surface area (Å²) >= 11 is 0. The lowest BCUT2D eigenvalue weighted by Crippen LogP contribution is -2.14. The number of oxazole rings is 1. The molecule has 0 unspecified atom stereocenters. The highest BCUT2D eigenvalue weighted by Gasteiger charge is 2.19. The molecule has 0 N–H and O–H groups in total. The Bertz CT molecular complexity index is 707. The standard InChI is InChI=1S/C11H7N3O/c1-2-9-13-10-8(14(9)5-1)4-3-7-11(10)15-6-12-7/h1-2,4-6H,3H2. The molecule has 0 saturated heterocycles. The fourth-order valence-corrected chi connectivity index (χ4v) is 2.12. The topological polar surface area (TPSA) is 43.3 Å². The average molecular weight is 197 g/mol. The first kappa shape index (κ1) is 7.23. The smallest absolute Gasteiger partial charge is 0.181 e. The van der Waals surface area contributed by atoms with Crippen molar-refractivity contribution in [1.82, 2.24) is 14.4 Å². The minimum Gasteiger partial charge on any atom is -0.441 e. The van der Waals surface area contributed by atoms with Crippen molar-refractivity contribution < 1.29 is 4.42 Å². The van der Waals surface area contributed by atoms with Crippen molar-refractivity contribution in [2.45, 2.75) is 6.42 Å². The van der Waals surface area contributed by atoms with Gasteiger partial charge in [-0.15, -0.1) is 0 Å². The van der Waals surface area contributed by atoms with Crippen LogP contribution in [0.25, 0.3) is 23.2 Å². The van der Waals surface area contributed by atoms with Gasteiger partial charge in [0, 0.05) is 12.6 Å². The molecule has 3 heterocycles. The van der Waals surface area contributed by atoms with Gasteiger partial charge in [-0.05, 0) is 12.1 Å². The van der Waals surface area contributed by atoms with E-state index in [2.05, 4.69) is 20.4 Å². The quantitative estimate of drug-likeness (QED) is 0.541. The van der Waals surface area contributed by atoms with E-state index in [1.165, 1.54) is 6.39 Å². The maximum Gasteiger partial charge on any atom is 0.181 e. The van der Waals surface area contributed by atoms with Crippen LogP contribution in [-0.4, -0.2) is 14.4 Å². The van der Waals surface area contributed by atoms with E-state index in [0.717, 1.165) is 34.6 Å². The lowest BCUT2D eigenvalue weighted by molar-refractivity contribution is 0.568. The number of aromatic nitrogens is 3. The third kappa shape index (κ3) is 0.771. The van der Waals surface area contributed by atoms with Crippen LogP contribution in [0, 0.1) is 0 Å². The number of imidazole rings is 1. The fourth-order valence-electron chi connectivity index (χ4n) is 2.12. The van der Waals surface area contributed by atoms with Crippen molar-refractivity contribution in [2.24, 2.45) is 0 Å². The molecule has 72 valence electrons. The largest absolute Gasteiger partial charge is 0.441 e. The van der Waals surface area contributed by atoms with Gasteiger partial charge in [-0.2, -0.15) is 0 Å². The highest BCUT2D eigenvalue weighted by atomic mass is 16.3. The van der Waals surface area contributed by atoms with Crippen LogP contribution in [0.3, 0.4) is 0 Å². The SMILES string of the molecule is C1=c2c(nc3cccn23)-c2ocnc2C1. The monoisotopic (exact) mass is 197 g/mol. The van der Waals surface area contributed by atoms with E-state index in [1.54, 1.807) is 0 Å². The summed E-state index contributed by atoms with van der Waals surface area (Å²) in [4.78, 5) is 8.69. The molecule has 0 fully saturated rings. The summed E-state index contributed by atoms with van der Waals surface area (Å²) in [5, 5.41) is 1.11. The molecule has 15 heavy (non-hydrogen) atoms. The van der Waals surface area contributed by atoms with Gasteiger partial charge < -0.3 is 4.42 Å². The van der Waals surface area contributed by atoms with Crippen molar-refractivity contribution in [3.8, 4) is 11.5 Å². The van der Waals surface area contributed by atoms with E-state index in [-0.39, 0.29) is 0 Å². The summed E-state index contributed by atoms with van der Waals surface area (Å²) in [7, 11) is 0. The molecule has 3 aromatic rings. The predicted molar refractivity (Wildman–Crippen MR) is 54.1 cm³/mol. The number of nitrogens with zero attached hydrogens (tertiary/aromatic N) is 3. The van der Waals surface area contributed by atoms with Crippen LogP contribution in [0.5, 0.6) is 0 Å². The van der Waals surface area contributed by atoms with Gasteiger partial charge in [-0.25, -0.2) is 9.97 Å². The van der Waals surface area contributed by atoms with E-state index in [9.17, 15) is 0 Å². The van der Waals surface area contributed by atoms with E-state index in [4.69, 9.17) is 4.42 Å². The van der Waals surface area contributed by atoms with Gasteiger partial charge >= 0.3 is 0 Å². The van der Waals surface area contributed by atoms with E-state index in [0.29, 0.717) is 0 Å². The van der Waals surface area contributed by atoms with Crippen LogP contribution in [-0.2, 0) is 6.42 Å². The van der Waals surface area contributed by atoms with Gasteiger partial charge in [-0.3, -0.25) is 4.40 Å². The first-order valence-electron chi connectivity index (χ1n) is 4.83. The van der Waals surface area contributed by atoms with Crippen molar-refractivity contribution in [3.63, 3.8) is 0 Å². The Balaban J connectivity index is 2.22. The van der Waals surface area contributed by atoms with Gasteiger partial charge in [0.25, 0.3) is 0 Å². The minimum atomic E-state index is 0.816. The van der Waals surface area contributed by atoms with Gasteiger partial charge in [-0.1, -0.05) is 6.08 Å². The molecular formula is C11H7N3O. The molecule has 0 bridgehead atoms. The molecule has 4 heteroatoms. The van der Waals surface area contributed by atoms with Gasteiger partial charge in [0.2, 0.25) is 0 Å². The molecule has 1 aliphatic rings. The van der Waals surface area contributed by atoms with E-state index < -0.39 is 0 Å². The van der Waals surface area contributed by atoms with Crippen LogP contribution in [0.1, 0.15) is 5.69 Å². The molecule has 0 amide bonds. The molecule has 1 aliphatic carbocycles. The molecule has 0 radical (unpaired) electrons. The summed E-state index contributed by atoms with van der Waals surface area (Å²) in [6.45, 7) is 0. The lowest BCUT2D eigenvalue weighted by atomic mass is 10.1. The zero-order chi connectivity index (χ0) is 9.83. The minimum absolute atomic E-state index is 0.816. The van der Waals surface area contributed by atoms with Crippen molar-refractivity contribution in [3.05, 3.63) is 35.8 Å². The normalized spacial score (nSPS) is 13.6. The molecule has 0 aliphatic heterocycles. The Kier molecular flexibility index (Phi) is 1.10. The van der Waals surface area contributed by atoms with Crippen LogP contribution < -0.4 is 5.35 Å². The predicted octanol–water partition coefficient (Wildman–Crippen LogP) is 1.04. The Morgan fingerprint density at radius 2 is 2.40 bits per heavy atom. The Morgan fingerprint density at radius 3 is 3.40 bits per heavy atom. The molecule has 0 aromatic carbocycles. The maximum atomic E-state index is 5.37. The van der Waals surface area contributed by atoms with Gasteiger partial charge in [0.1, 0.15) is 11.3 Å². The molecule has 4 nitrogen and oxygen atoms in total. The molecular weight excluding hydrogens is 190 g/mol. The summed E-state index contributed by atoms with van der Waals surface area (Å²) < 4.78 is 7.44. The molecule has 0 saturated carbocycles. The van der Waals surface area contributed by atoms with Crippen molar-refractivity contribution in [1.29, 1.82) is 0 Å². The zero-order valence-corrected chi connectivity index (χ0v) is 7.84. The third-order valence-electron chi connectivity index (χ3n) is 2.80. The van der Waals surface area contributed by atoms with E-state index >= 15 is 0 Å². The van der Waals surface area contributed by atoms with Crippen LogP contribution in [0.15, 0.2) is 29.1 Å². The van der Waals surface area contributed by atoms with E-state index in [1.807, 2.05) is 18.3 Å². The second-order valence-electron chi connectivity index (χ2n) is 3.62. The first-order valence-corrected chi connectivity index (χ1v) is 4.83. The summed E-state index contributed by atoms with van der Waals surface area (Å²) in [5.74, 6) is 0.816. The third-order valence-corrected chi connectivity index (χ3v) is 2.80. The Hall–Kier alpha value is -2.10. The molecule has 4 rings (SSSR count). The molecule has 3 aromatic heterocycles. The Labute approximate surface area is 84.9 Å². The van der Waals surface area contributed by atoms with Crippen LogP contribution in [0.4, 0.5) is 0 Å².